The molecule has 20 heavy (non-hydrogen) atoms. The lowest BCUT2D eigenvalue weighted by molar-refractivity contribution is 0.275. The molecule has 3 N–H and O–H groups in total. The summed E-state index contributed by atoms with van der Waals surface area (Å²) in [5, 5.41) is 9.67. The minimum absolute atomic E-state index is 0. The minimum atomic E-state index is -0.858. The molecule has 0 bridgehead atoms. The number of nitrogens with two attached hydrogens (primary N) is 1. The van der Waals surface area contributed by atoms with Crippen molar-refractivity contribution >= 4 is 25.0 Å². The quantitative estimate of drug-likeness (QED) is 0.843. The molecule has 104 valence electrons. The molecular formula is C14H15BClNO3. The van der Waals surface area contributed by atoms with E-state index in [2.05, 4.69) is 0 Å². The van der Waals surface area contributed by atoms with Crippen LogP contribution in [0.5, 0.6) is 11.5 Å². The highest BCUT2D eigenvalue weighted by Gasteiger charge is 2.27. The maximum absolute atomic E-state index is 9.67. The first-order valence-corrected chi connectivity index (χ1v) is 6.16. The van der Waals surface area contributed by atoms with Gasteiger partial charge in [0.1, 0.15) is 11.5 Å². The molecule has 0 saturated heterocycles. The Bertz CT molecular complexity index is 609. The fraction of sp³-hybridized carbons (Fsp3) is 0.143. The molecule has 1 heterocycles. The lowest BCUT2D eigenvalue weighted by atomic mass is 9.79. The highest BCUT2D eigenvalue weighted by atomic mass is 35.5. The Morgan fingerprint density at radius 3 is 2.85 bits per heavy atom. The Labute approximate surface area is 124 Å². The van der Waals surface area contributed by atoms with Crippen molar-refractivity contribution in [1.29, 1.82) is 0 Å². The molecule has 2 aromatic carbocycles. The van der Waals surface area contributed by atoms with Gasteiger partial charge in [0.15, 0.2) is 0 Å². The van der Waals surface area contributed by atoms with Crippen molar-refractivity contribution < 1.29 is 14.4 Å². The second-order valence-electron chi connectivity index (χ2n) is 4.44. The van der Waals surface area contributed by atoms with E-state index in [1.54, 1.807) is 6.07 Å². The summed E-state index contributed by atoms with van der Waals surface area (Å²) >= 11 is 0. The largest absolute Gasteiger partial charge is 0.491 e. The molecule has 0 unspecified atom stereocenters. The highest BCUT2D eigenvalue weighted by molar-refractivity contribution is 6.61. The van der Waals surface area contributed by atoms with E-state index in [9.17, 15) is 5.02 Å². The first-order chi connectivity index (χ1) is 9.28. The highest BCUT2D eigenvalue weighted by Crippen LogP contribution is 2.25. The number of hydrogen-bond donors (Lipinski definition) is 2. The van der Waals surface area contributed by atoms with Gasteiger partial charge in [-0.1, -0.05) is 24.3 Å². The smallest absolute Gasteiger partial charge is 0.457 e. The van der Waals surface area contributed by atoms with Gasteiger partial charge in [-0.15, -0.1) is 12.4 Å². The maximum Gasteiger partial charge on any atom is 0.491 e. The number of halogens is 1. The number of para-hydroxylation sites is 1. The molecular weight excluding hydrogens is 276 g/mol. The van der Waals surface area contributed by atoms with Crippen LogP contribution in [-0.2, 0) is 17.8 Å². The Balaban J connectivity index is 0.00000147. The average Bonchev–Trinajstić information content (AvgIpc) is 2.81. The Morgan fingerprint density at radius 2 is 2.05 bits per heavy atom. The second-order valence-corrected chi connectivity index (χ2v) is 4.44. The summed E-state index contributed by atoms with van der Waals surface area (Å²) in [6, 6.07) is 13.2. The van der Waals surface area contributed by atoms with Crippen molar-refractivity contribution in [3.63, 3.8) is 0 Å². The molecule has 0 aromatic heterocycles. The van der Waals surface area contributed by atoms with E-state index in [-0.39, 0.29) is 12.4 Å². The molecule has 0 atom stereocenters. The second kappa shape index (κ2) is 6.28. The number of benzene rings is 2. The summed E-state index contributed by atoms with van der Waals surface area (Å²) in [6.45, 7) is 0.864. The van der Waals surface area contributed by atoms with E-state index in [0.29, 0.717) is 18.9 Å². The molecule has 3 rings (SSSR count). The van der Waals surface area contributed by atoms with Crippen LogP contribution < -0.4 is 15.9 Å². The van der Waals surface area contributed by atoms with E-state index in [0.717, 1.165) is 22.3 Å². The molecule has 0 amide bonds. The van der Waals surface area contributed by atoms with E-state index < -0.39 is 7.12 Å². The van der Waals surface area contributed by atoms with Crippen molar-refractivity contribution in [3.05, 3.63) is 53.6 Å². The predicted molar refractivity (Wildman–Crippen MR) is 80.5 cm³/mol. The van der Waals surface area contributed by atoms with Crippen LogP contribution >= 0.6 is 12.4 Å². The molecule has 2 aromatic rings. The standard InChI is InChI=1S/C14H14BNO3.ClH/c16-8-10-3-1-2-4-14(10)19-12-6-5-11-9-18-15(17)13(11)7-12;/h1-7,17H,8-9,16H2;1H. The molecule has 0 radical (unpaired) electrons. The Kier molecular flexibility index (Phi) is 4.67. The summed E-state index contributed by atoms with van der Waals surface area (Å²) in [6.07, 6.45) is 0. The lowest BCUT2D eigenvalue weighted by Crippen LogP contribution is -2.27. The van der Waals surface area contributed by atoms with Gasteiger partial charge in [-0.25, -0.2) is 0 Å². The van der Waals surface area contributed by atoms with Crippen LogP contribution in [0, 0.1) is 0 Å². The number of fused-ring (bicyclic) bond motifs is 1. The summed E-state index contributed by atoms with van der Waals surface area (Å²) in [5.41, 5.74) is 8.38. The summed E-state index contributed by atoms with van der Waals surface area (Å²) < 4.78 is 11.0. The third-order valence-corrected chi connectivity index (χ3v) is 3.20. The van der Waals surface area contributed by atoms with Crippen molar-refractivity contribution in [3.8, 4) is 11.5 Å². The molecule has 0 spiro atoms. The monoisotopic (exact) mass is 291 g/mol. The first-order valence-electron chi connectivity index (χ1n) is 6.16. The number of hydrogen-bond acceptors (Lipinski definition) is 4. The molecule has 0 saturated carbocycles. The molecule has 0 fully saturated rings. The SMILES string of the molecule is Cl.NCc1ccccc1Oc1ccc2c(c1)B(O)OC2. The van der Waals surface area contributed by atoms with Crippen molar-refractivity contribution in [1.82, 2.24) is 0 Å². The van der Waals surface area contributed by atoms with Gasteiger partial charge in [-0.3, -0.25) is 0 Å². The number of rotatable bonds is 3. The van der Waals surface area contributed by atoms with Gasteiger partial charge >= 0.3 is 7.12 Å². The Hall–Kier alpha value is -1.53. The van der Waals surface area contributed by atoms with Crippen LogP contribution in [0.4, 0.5) is 0 Å². The Morgan fingerprint density at radius 1 is 1.25 bits per heavy atom. The fourth-order valence-corrected chi connectivity index (χ4v) is 2.16. The van der Waals surface area contributed by atoms with Crippen molar-refractivity contribution in [2.45, 2.75) is 13.2 Å². The molecule has 1 aliphatic rings. The van der Waals surface area contributed by atoms with Gasteiger partial charge in [0.05, 0.1) is 6.61 Å². The van der Waals surface area contributed by atoms with Gasteiger partial charge in [-0.05, 0) is 29.2 Å². The number of ether oxygens (including phenoxy) is 1. The van der Waals surface area contributed by atoms with Gasteiger partial charge < -0.3 is 20.1 Å². The van der Waals surface area contributed by atoms with Crippen molar-refractivity contribution in [2.24, 2.45) is 5.73 Å². The van der Waals surface area contributed by atoms with Crippen LogP contribution in [0.15, 0.2) is 42.5 Å². The normalized spacial score (nSPS) is 12.8. The first kappa shape index (κ1) is 14.9. The summed E-state index contributed by atoms with van der Waals surface area (Å²) in [7, 11) is -0.858. The average molecular weight is 292 g/mol. The zero-order valence-electron chi connectivity index (χ0n) is 10.8. The van der Waals surface area contributed by atoms with E-state index >= 15 is 0 Å². The maximum atomic E-state index is 9.67. The van der Waals surface area contributed by atoms with Crippen LogP contribution in [0.25, 0.3) is 0 Å². The third-order valence-electron chi connectivity index (χ3n) is 3.20. The van der Waals surface area contributed by atoms with Gasteiger partial charge in [0, 0.05) is 12.1 Å². The van der Waals surface area contributed by atoms with Gasteiger partial charge in [-0.2, -0.15) is 0 Å². The van der Waals surface area contributed by atoms with Crippen LogP contribution in [0.2, 0.25) is 0 Å². The minimum Gasteiger partial charge on any atom is -0.457 e. The van der Waals surface area contributed by atoms with Crippen LogP contribution in [0.1, 0.15) is 11.1 Å². The van der Waals surface area contributed by atoms with Crippen molar-refractivity contribution in [2.75, 3.05) is 0 Å². The molecule has 4 nitrogen and oxygen atoms in total. The summed E-state index contributed by atoms with van der Waals surface area (Å²) in [4.78, 5) is 0. The fourth-order valence-electron chi connectivity index (χ4n) is 2.16. The predicted octanol–water partition coefficient (Wildman–Crippen LogP) is 1.58. The lowest BCUT2D eigenvalue weighted by Gasteiger charge is -2.10. The zero-order valence-corrected chi connectivity index (χ0v) is 11.6. The topological polar surface area (TPSA) is 64.7 Å². The van der Waals surface area contributed by atoms with Gasteiger partial charge in [0.2, 0.25) is 0 Å². The van der Waals surface area contributed by atoms with E-state index in [4.69, 9.17) is 15.1 Å². The molecule has 0 aliphatic carbocycles. The van der Waals surface area contributed by atoms with Crippen LogP contribution in [-0.4, -0.2) is 12.1 Å². The van der Waals surface area contributed by atoms with Gasteiger partial charge in [0.25, 0.3) is 0 Å². The molecule has 6 heteroatoms. The molecule has 1 aliphatic heterocycles. The zero-order chi connectivity index (χ0) is 13.2. The van der Waals surface area contributed by atoms with E-state index in [1.807, 2.05) is 36.4 Å². The van der Waals surface area contributed by atoms with E-state index in [1.165, 1.54) is 0 Å². The van der Waals surface area contributed by atoms with Crippen LogP contribution in [0.3, 0.4) is 0 Å². The summed E-state index contributed by atoms with van der Waals surface area (Å²) in [5.74, 6) is 1.41. The third kappa shape index (κ3) is 2.81.